The van der Waals surface area contributed by atoms with Gasteiger partial charge in [0.15, 0.2) is 0 Å². The molecular formula is C18H15Cl2NO4. The molecule has 0 radical (unpaired) electrons. The monoisotopic (exact) mass is 379 g/mol. The van der Waals surface area contributed by atoms with E-state index in [1.807, 2.05) is 0 Å². The second-order valence-corrected chi connectivity index (χ2v) is 6.12. The first-order chi connectivity index (χ1) is 11.7. The first kappa shape index (κ1) is 19.0. The molecule has 0 bridgehead atoms. The highest BCUT2D eigenvalue weighted by Crippen LogP contribution is 2.35. The molecule has 2 N–H and O–H groups in total. The molecule has 0 saturated heterocycles. The van der Waals surface area contributed by atoms with Crippen LogP contribution in [-0.2, 0) is 9.59 Å². The number of hydrogen-bond donors (Lipinski definition) is 2. The SMILES string of the molecule is C=C(C(=O)O)C(=O)N(C)c1ccccc1C(O)c1ccc(Cl)cc1Cl. The van der Waals surface area contributed by atoms with Crippen molar-refractivity contribution in [2.24, 2.45) is 0 Å². The molecule has 1 atom stereocenters. The Morgan fingerprint density at radius 3 is 2.36 bits per heavy atom. The third kappa shape index (κ3) is 4.02. The van der Waals surface area contributed by atoms with Crippen LogP contribution in [0.5, 0.6) is 0 Å². The summed E-state index contributed by atoms with van der Waals surface area (Å²) in [4.78, 5) is 24.3. The molecule has 2 aromatic rings. The number of halogens is 2. The maximum absolute atomic E-state index is 12.2. The lowest BCUT2D eigenvalue weighted by Crippen LogP contribution is -2.31. The topological polar surface area (TPSA) is 77.8 Å². The number of carbonyl (C=O) groups is 2. The van der Waals surface area contributed by atoms with Crippen LogP contribution in [0.1, 0.15) is 17.2 Å². The van der Waals surface area contributed by atoms with Gasteiger partial charge in [0.2, 0.25) is 0 Å². The second kappa shape index (κ2) is 7.70. The van der Waals surface area contributed by atoms with Crippen molar-refractivity contribution in [1.29, 1.82) is 0 Å². The Kier molecular flexibility index (Phi) is 5.85. The number of likely N-dealkylation sites (N-methyl/N-ethyl adjacent to an activating group) is 1. The van der Waals surface area contributed by atoms with Crippen LogP contribution in [0, 0.1) is 0 Å². The van der Waals surface area contributed by atoms with Crippen molar-refractivity contribution in [3.8, 4) is 0 Å². The third-order valence-electron chi connectivity index (χ3n) is 3.67. The molecule has 5 nitrogen and oxygen atoms in total. The normalized spacial score (nSPS) is 11.7. The summed E-state index contributed by atoms with van der Waals surface area (Å²) in [5.41, 5.74) is 0.571. The lowest BCUT2D eigenvalue weighted by Gasteiger charge is -2.23. The number of carbonyl (C=O) groups excluding carboxylic acids is 1. The van der Waals surface area contributed by atoms with Gasteiger partial charge in [0, 0.05) is 33.9 Å². The first-order valence-electron chi connectivity index (χ1n) is 7.16. The van der Waals surface area contributed by atoms with Gasteiger partial charge in [-0.25, -0.2) is 4.79 Å². The number of carboxylic acid groups (broad SMARTS) is 1. The Bertz CT molecular complexity index is 851. The number of aliphatic hydroxyl groups is 1. The maximum atomic E-state index is 12.2. The minimum Gasteiger partial charge on any atom is -0.478 e. The van der Waals surface area contributed by atoms with E-state index in [0.29, 0.717) is 21.8 Å². The summed E-state index contributed by atoms with van der Waals surface area (Å²) in [5.74, 6) is -2.19. The molecule has 2 aromatic carbocycles. The highest BCUT2D eigenvalue weighted by atomic mass is 35.5. The zero-order valence-electron chi connectivity index (χ0n) is 13.2. The molecule has 0 heterocycles. The fraction of sp³-hybridized carbons (Fsp3) is 0.111. The van der Waals surface area contributed by atoms with Crippen molar-refractivity contribution >= 4 is 40.8 Å². The number of nitrogens with zero attached hydrogens (tertiary/aromatic N) is 1. The highest BCUT2D eigenvalue weighted by Gasteiger charge is 2.24. The quantitative estimate of drug-likeness (QED) is 0.471. The van der Waals surface area contributed by atoms with Crippen LogP contribution in [0.15, 0.2) is 54.6 Å². The van der Waals surface area contributed by atoms with E-state index < -0.39 is 23.6 Å². The molecule has 0 fully saturated rings. The molecule has 130 valence electrons. The predicted octanol–water partition coefficient (Wildman–Crippen LogP) is 3.68. The molecule has 0 aliphatic rings. The number of para-hydroxylation sites is 1. The molecule has 0 saturated carbocycles. The Balaban J connectivity index is 2.45. The Morgan fingerprint density at radius 2 is 1.76 bits per heavy atom. The fourth-order valence-electron chi connectivity index (χ4n) is 2.32. The molecule has 1 unspecified atom stereocenters. The average Bonchev–Trinajstić information content (AvgIpc) is 2.59. The van der Waals surface area contributed by atoms with Crippen LogP contribution < -0.4 is 4.90 Å². The highest BCUT2D eigenvalue weighted by molar-refractivity contribution is 6.35. The van der Waals surface area contributed by atoms with Crippen LogP contribution >= 0.6 is 23.2 Å². The Morgan fingerprint density at radius 1 is 1.12 bits per heavy atom. The van der Waals surface area contributed by atoms with Gasteiger partial charge in [-0.05, 0) is 18.2 Å². The van der Waals surface area contributed by atoms with E-state index in [1.54, 1.807) is 36.4 Å². The minimum absolute atomic E-state index is 0.277. The van der Waals surface area contributed by atoms with E-state index in [2.05, 4.69) is 6.58 Å². The molecule has 25 heavy (non-hydrogen) atoms. The van der Waals surface area contributed by atoms with Gasteiger partial charge in [0.1, 0.15) is 11.7 Å². The summed E-state index contributed by atoms with van der Waals surface area (Å²) in [5, 5.41) is 20.4. The third-order valence-corrected chi connectivity index (χ3v) is 4.23. The summed E-state index contributed by atoms with van der Waals surface area (Å²) < 4.78 is 0. The molecule has 0 aromatic heterocycles. The van der Waals surface area contributed by atoms with Gasteiger partial charge in [-0.3, -0.25) is 4.79 Å². The summed E-state index contributed by atoms with van der Waals surface area (Å²) >= 11 is 12.0. The summed E-state index contributed by atoms with van der Waals surface area (Å²) in [6.07, 6.45) is -1.13. The van der Waals surface area contributed by atoms with Crippen molar-refractivity contribution < 1.29 is 19.8 Å². The largest absolute Gasteiger partial charge is 0.478 e. The van der Waals surface area contributed by atoms with Crippen LogP contribution in [-0.4, -0.2) is 29.1 Å². The zero-order valence-corrected chi connectivity index (χ0v) is 14.8. The number of carboxylic acids is 1. The second-order valence-electron chi connectivity index (χ2n) is 5.28. The lowest BCUT2D eigenvalue weighted by atomic mass is 9.99. The van der Waals surface area contributed by atoms with Crippen molar-refractivity contribution in [2.75, 3.05) is 11.9 Å². The number of amides is 1. The van der Waals surface area contributed by atoms with Crippen molar-refractivity contribution in [3.05, 3.63) is 75.8 Å². The summed E-state index contributed by atoms with van der Waals surface area (Å²) in [6.45, 7) is 3.27. The molecule has 1 amide bonds. The fourth-order valence-corrected chi connectivity index (χ4v) is 2.83. The van der Waals surface area contributed by atoms with E-state index in [0.717, 1.165) is 4.90 Å². The summed E-state index contributed by atoms with van der Waals surface area (Å²) in [7, 11) is 1.41. The van der Waals surface area contributed by atoms with Crippen LogP contribution in [0.2, 0.25) is 10.0 Å². The molecule has 0 aliphatic heterocycles. The summed E-state index contributed by atoms with van der Waals surface area (Å²) in [6, 6.07) is 11.3. The van der Waals surface area contributed by atoms with E-state index in [1.165, 1.54) is 13.1 Å². The smallest absolute Gasteiger partial charge is 0.340 e. The van der Waals surface area contributed by atoms with E-state index in [4.69, 9.17) is 28.3 Å². The van der Waals surface area contributed by atoms with Crippen molar-refractivity contribution in [3.63, 3.8) is 0 Å². The number of aliphatic hydroxyl groups excluding tert-OH is 1. The maximum Gasteiger partial charge on any atom is 0.340 e. The van der Waals surface area contributed by atoms with Gasteiger partial charge in [0.05, 0.1) is 0 Å². The first-order valence-corrected chi connectivity index (χ1v) is 7.91. The number of benzene rings is 2. The Labute approximate surface area is 154 Å². The standard InChI is InChI=1S/C18H15Cl2NO4/c1-10(18(24)25)17(23)21(2)15-6-4-3-5-13(15)16(22)12-8-7-11(19)9-14(12)20/h3-9,16,22H,1H2,2H3,(H,24,25). The molecule has 0 aliphatic carbocycles. The van der Waals surface area contributed by atoms with Gasteiger partial charge in [0.25, 0.3) is 5.91 Å². The van der Waals surface area contributed by atoms with Crippen LogP contribution in [0.4, 0.5) is 5.69 Å². The molecule has 7 heteroatoms. The average molecular weight is 380 g/mol. The van der Waals surface area contributed by atoms with Gasteiger partial charge >= 0.3 is 5.97 Å². The number of rotatable bonds is 5. The van der Waals surface area contributed by atoms with E-state index in [-0.39, 0.29) is 5.02 Å². The van der Waals surface area contributed by atoms with Gasteiger partial charge in [-0.1, -0.05) is 54.0 Å². The zero-order chi connectivity index (χ0) is 18.7. The Hall–Kier alpha value is -2.34. The number of hydrogen-bond acceptors (Lipinski definition) is 3. The number of anilines is 1. The van der Waals surface area contributed by atoms with Gasteiger partial charge in [-0.2, -0.15) is 0 Å². The van der Waals surface area contributed by atoms with Crippen molar-refractivity contribution in [2.45, 2.75) is 6.10 Å². The van der Waals surface area contributed by atoms with E-state index >= 15 is 0 Å². The van der Waals surface area contributed by atoms with Crippen molar-refractivity contribution in [1.82, 2.24) is 0 Å². The van der Waals surface area contributed by atoms with Gasteiger partial charge in [-0.15, -0.1) is 0 Å². The lowest BCUT2D eigenvalue weighted by molar-refractivity contribution is -0.134. The molecule has 0 spiro atoms. The van der Waals surface area contributed by atoms with Gasteiger partial charge < -0.3 is 15.1 Å². The number of aliphatic carboxylic acids is 1. The van der Waals surface area contributed by atoms with Crippen LogP contribution in [0.3, 0.4) is 0 Å². The van der Waals surface area contributed by atoms with Crippen LogP contribution in [0.25, 0.3) is 0 Å². The predicted molar refractivity (Wildman–Crippen MR) is 97.2 cm³/mol. The molecule has 2 rings (SSSR count). The minimum atomic E-state index is -1.41. The molecular weight excluding hydrogens is 365 g/mol. The van der Waals surface area contributed by atoms with E-state index in [9.17, 15) is 14.7 Å².